The normalized spacial score (nSPS) is 29.0. The van der Waals surface area contributed by atoms with Crippen LogP contribution >= 0.6 is 0 Å². The number of aromatic hydroxyl groups is 1. The van der Waals surface area contributed by atoms with Gasteiger partial charge >= 0.3 is 6.18 Å². The molecule has 4 atom stereocenters. The average Bonchev–Trinajstić information content (AvgIpc) is 2.88. The molecule has 5 rings (SSSR count). The smallest absolute Gasteiger partial charge is 0.417 e. The number of nitrogens with one attached hydrogen (secondary N) is 1. The third-order valence-corrected chi connectivity index (χ3v) is 9.75. The number of amides is 1. The lowest BCUT2D eigenvalue weighted by Gasteiger charge is -2.50. The van der Waals surface area contributed by atoms with Crippen molar-refractivity contribution >= 4 is 17.5 Å². The number of ketones is 2. The maximum atomic E-state index is 14.7. The summed E-state index contributed by atoms with van der Waals surface area (Å²) in [6.07, 6.45) is -1.14. The van der Waals surface area contributed by atoms with Gasteiger partial charge in [-0.25, -0.2) is 0 Å². The Morgan fingerprint density at radius 2 is 1.77 bits per heavy atom. The van der Waals surface area contributed by atoms with Gasteiger partial charge in [0.15, 0.2) is 11.4 Å². The summed E-state index contributed by atoms with van der Waals surface area (Å²) >= 11 is 0. The van der Waals surface area contributed by atoms with Crippen molar-refractivity contribution in [3.8, 4) is 5.75 Å². The zero-order valence-electron chi connectivity index (χ0n) is 24.1. The summed E-state index contributed by atoms with van der Waals surface area (Å²) in [4.78, 5) is 40.6. The number of nitrogens with two attached hydrogens (primary N) is 1. The van der Waals surface area contributed by atoms with E-state index in [1.165, 1.54) is 19.0 Å². The van der Waals surface area contributed by atoms with Crippen LogP contribution in [-0.2, 0) is 28.7 Å². The van der Waals surface area contributed by atoms with Crippen LogP contribution in [0.5, 0.6) is 5.75 Å². The zero-order chi connectivity index (χ0) is 31.8. The number of carbonyl (C=O) groups excluding carboxylic acids is 3. The molecule has 1 saturated carbocycles. The number of phenols is 1. The van der Waals surface area contributed by atoms with Crippen LogP contribution in [-0.4, -0.2) is 74.1 Å². The largest absolute Gasteiger partial charge is 0.510 e. The van der Waals surface area contributed by atoms with Gasteiger partial charge in [0.2, 0.25) is 5.78 Å². The summed E-state index contributed by atoms with van der Waals surface area (Å²) in [5, 5.41) is 48.0. The Bertz CT molecular complexity index is 1480. The van der Waals surface area contributed by atoms with Crippen LogP contribution in [0.15, 0.2) is 28.7 Å². The minimum Gasteiger partial charge on any atom is -0.510 e. The Balaban J connectivity index is 1.65. The number of benzene rings is 1. The van der Waals surface area contributed by atoms with Crippen molar-refractivity contribution in [3.63, 3.8) is 0 Å². The summed E-state index contributed by atoms with van der Waals surface area (Å²) < 4.78 is 44.2. The Morgan fingerprint density at radius 1 is 1.14 bits per heavy atom. The molecule has 4 aliphatic rings. The van der Waals surface area contributed by atoms with Crippen molar-refractivity contribution in [2.24, 2.45) is 17.6 Å². The number of aliphatic hydroxyl groups is 3. The number of halogens is 3. The number of primary amides is 1. The molecular formula is C30H36F3N3O7. The second-order valence-electron chi connectivity index (χ2n) is 12.7. The number of nitrogens with zero attached hydrogens (tertiary/aromatic N) is 1. The molecule has 43 heavy (non-hydrogen) atoms. The van der Waals surface area contributed by atoms with Gasteiger partial charge in [-0.1, -0.05) is 19.3 Å². The molecule has 0 aliphatic heterocycles. The highest BCUT2D eigenvalue weighted by Gasteiger charge is 2.63. The van der Waals surface area contributed by atoms with E-state index in [-0.39, 0.29) is 24.1 Å². The standard InChI is InChI=1S/C30H36F3N3O7/c1-28(7-5-4-6-8-28)35-12-14-11-17(37)19-15(21(14)30(31,32)33)9-13-10-16-22(36(2)3)24(39)20(27(34)42)26(41)29(16,43)25(40)18(13)23(19)38/h11,13,16,22,35,37,39-40,43H,4-10,12H2,1-3H3,(H2,34,42)/t13-,16-,22-,29-/m0/s1. The lowest BCUT2D eigenvalue weighted by molar-refractivity contribution is -0.148. The van der Waals surface area contributed by atoms with Gasteiger partial charge in [0, 0.05) is 23.6 Å². The Morgan fingerprint density at radius 3 is 2.33 bits per heavy atom. The molecule has 1 fully saturated rings. The summed E-state index contributed by atoms with van der Waals surface area (Å²) in [5.74, 6) is -8.99. The van der Waals surface area contributed by atoms with Crippen LogP contribution in [0, 0.1) is 11.8 Å². The van der Waals surface area contributed by atoms with Crippen molar-refractivity contribution in [1.29, 1.82) is 0 Å². The molecule has 7 N–H and O–H groups in total. The van der Waals surface area contributed by atoms with Crippen LogP contribution in [0.25, 0.3) is 0 Å². The first kappa shape index (κ1) is 31.0. The maximum Gasteiger partial charge on any atom is 0.417 e. The predicted molar refractivity (Wildman–Crippen MR) is 147 cm³/mol. The molecule has 1 aromatic carbocycles. The second kappa shape index (κ2) is 10.3. The molecule has 1 aromatic rings. The fourth-order valence-electron chi connectivity index (χ4n) is 7.70. The predicted octanol–water partition coefficient (Wildman–Crippen LogP) is 2.95. The highest BCUT2D eigenvalue weighted by atomic mass is 19.4. The van der Waals surface area contributed by atoms with Gasteiger partial charge in [0.05, 0.1) is 17.2 Å². The molecule has 0 bridgehead atoms. The monoisotopic (exact) mass is 607 g/mol. The number of allylic oxidation sites excluding steroid dienone is 1. The van der Waals surface area contributed by atoms with Gasteiger partial charge in [-0.05, 0) is 69.8 Å². The number of alkyl halides is 3. The Labute approximate surface area is 246 Å². The SMILES string of the molecule is CN(C)[C@@H]1C(O)=C(C(N)=O)C(=O)[C@@]2(O)C(O)=C3C(=O)c4c(O)cc(CNC5(C)CCCCC5)c(C(F)(F)F)c4C[C@H]3C[C@@H]12. The molecule has 1 amide bonds. The van der Waals surface area contributed by atoms with E-state index < -0.39 is 98.7 Å². The summed E-state index contributed by atoms with van der Waals surface area (Å²) in [6.45, 7) is 1.75. The first-order chi connectivity index (χ1) is 19.9. The van der Waals surface area contributed by atoms with Crippen molar-refractivity contribution in [2.45, 2.75) is 81.8 Å². The first-order valence-corrected chi connectivity index (χ1v) is 14.3. The van der Waals surface area contributed by atoms with E-state index in [9.17, 15) is 48.0 Å². The third-order valence-electron chi connectivity index (χ3n) is 9.75. The second-order valence-corrected chi connectivity index (χ2v) is 12.7. The van der Waals surface area contributed by atoms with E-state index in [1.807, 2.05) is 6.92 Å². The van der Waals surface area contributed by atoms with Crippen molar-refractivity contribution in [2.75, 3.05) is 14.1 Å². The van der Waals surface area contributed by atoms with E-state index in [0.717, 1.165) is 38.2 Å². The first-order valence-electron chi connectivity index (χ1n) is 14.3. The Kier molecular flexibility index (Phi) is 7.46. The molecule has 0 radical (unpaired) electrons. The van der Waals surface area contributed by atoms with Gasteiger partial charge in [0.25, 0.3) is 5.91 Å². The van der Waals surface area contributed by atoms with Gasteiger partial charge in [-0.2, -0.15) is 13.2 Å². The number of Topliss-reactive ketones (excluding diaryl/α,β-unsaturated/α-hetero) is 2. The topological polar surface area (TPSA) is 173 Å². The van der Waals surface area contributed by atoms with Gasteiger partial charge in [-0.3, -0.25) is 19.3 Å². The molecule has 0 spiro atoms. The minimum atomic E-state index is -4.90. The molecule has 0 aromatic heterocycles. The summed E-state index contributed by atoms with van der Waals surface area (Å²) in [5.41, 5.74) is -1.78. The quantitative estimate of drug-likeness (QED) is 0.275. The van der Waals surface area contributed by atoms with Crippen LogP contribution in [0.4, 0.5) is 13.2 Å². The molecule has 0 unspecified atom stereocenters. The molecule has 0 heterocycles. The van der Waals surface area contributed by atoms with E-state index in [4.69, 9.17) is 5.73 Å². The third kappa shape index (κ3) is 4.72. The number of phenolic OH excluding ortho intramolecular Hbond substituents is 1. The number of hydrogen-bond donors (Lipinski definition) is 6. The Hall–Kier alpha value is -3.42. The van der Waals surface area contributed by atoms with E-state index in [0.29, 0.717) is 0 Å². The van der Waals surface area contributed by atoms with E-state index in [2.05, 4.69) is 5.32 Å². The van der Waals surface area contributed by atoms with Crippen LogP contribution < -0.4 is 11.1 Å². The zero-order valence-corrected chi connectivity index (χ0v) is 24.1. The van der Waals surface area contributed by atoms with Crippen LogP contribution in [0.1, 0.15) is 72.5 Å². The lowest BCUT2D eigenvalue weighted by atomic mass is 9.58. The molecule has 10 nitrogen and oxygen atoms in total. The van der Waals surface area contributed by atoms with Crippen LogP contribution in [0.3, 0.4) is 0 Å². The highest BCUT2D eigenvalue weighted by molar-refractivity contribution is 6.24. The molecule has 13 heteroatoms. The van der Waals surface area contributed by atoms with Crippen LogP contribution in [0.2, 0.25) is 0 Å². The fraction of sp³-hybridized carbons (Fsp3) is 0.567. The number of hydrogen-bond acceptors (Lipinski definition) is 9. The molecule has 4 aliphatic carbocycles. The van der Waals surface area contributed by atoms with Crippen molar-refractivity contribution in [3.05, 3.63) is 51.0 Å². The van der Waals surface area contributed by atoms with Crippen molar-refractivity contribution in [1.82, 2.24) is 10.2 Å². The molecular weight excluding hydrogens is 571 g/mol. The lowest BCUT2D eigenvalue weighted by Crippen LogP contribution is -2.63. The van der Waals surface area contributed by atoms with Gasteiger partial charge < -0.3 is 31.5 Å². The van der Waals surface area contributed by atoms with Gasteiger partial charge in [-0.15, -0.1) is 0 Å². The summed E-state index contributed by atoms with van der Waals surface area (Å²) in [6, 6.07) is -0.343. The summed E-state index contributed by atoms with van der Waals surface area (Å²) in [7, 11) is 2.94. The number of aliphatic hydroxyl groups excluding tert-OH is 2. The van der Waals surface area contributed by atoms with E-state index >= 15 is 0 Å². The molecule has 234 valence electrons. The van der Waals surface area contributed by atoms with Gasteiger partial charge in [0.1, 0.15) is 22.8 Å². The number of carbonyl (C=O) groups is 3. The number of fused-ring (bicyclic) bond motifs is 3. The average molecular weight is 608 g/mol. The minimum absolute atomic E-state index is 0.201. The number of likely N-dealkylation sites (N-methyl/N-ethyl adjacent to an activating group) is 1. The number of rotatable bonds is 5. The maximum absolute atomic E-state index is 14.7. The fourth-order valence-corrected chi connectivity index (χ4v) is 7.70. The van der Waals surface area contributed by atoms with Crippen molar-refractivity contribution < 1.29 is 48.0 Å². The molecule has 0 saturated heterocycles. The highest BCUT2D eigenvalue weighted by Crippen LogP contribution is 2.54. The van der Waals surface area contributed by atoms with E-state index in [1.54, 1.807) is 0 Å².